The molecule has 1 aromatic rings. The fourth-order valence-electron chi connectivity index (χ4n) is 1.33. The molecule has 1 N–H and O–H groups in total. The van der Waals surface area contributed by atoms with E-state index in [0.29, 0.717) is 0 Å². The van der Waals surface area contributed by atoms with Crippen molar-refractivity contribution < 1.29 is 9.84 Å². The third kappa shape index (κ3) is 3.04. The van der Waals surface area contributed by atoms with Crippen molar-refractivity contribution in [2.24, 2.45) is 5.92 Å². The molecule has 14 heavy (non-hydrogen) atoms. The summed E-state index contributed by atoms with van der Waals surface area (Å²) < 4.78 is 5.59. The second kappa shape index (κ2) is 5.01. The Labute approximate surface area is 85.5 Å². The van der Waals surface area contributed by atoms with Crippen LogP contribution in [0.5, 0.6) is 5.75 Å². The van der Waals surface area contributed by atoms with E-state index in [9.17, 15) is 5.11 Å². The second-order valence-electron chi connectivity index (χ2n) is 3.87. The van der Waals surface area contributed by atoms with Crippen LogP contribution in [0.25, 0.3) is 0 Å². The van der Waals surface area contributed by atoms with Crippen molar-refractivity contribution in [1.82, 2.24) is 0 Å². The molecule has 0 amide bonds. The van der Waals surface area contributed by atoms with Crippen LogP contribution in [0.3, 0.4) is 0 Å². The van der Waals surface area contributed by atoms with Gasteiger partial charge in [-0.05, 0) is 25.0 Å². The van der Waals surface area contributed by atoms with Gasteiger partial charge in [-0.2, -0.15) is 0 Å². The minimum absolute atomic E-state index is 0.169. The Kier molecular flexibility index (Phi) is 3.96. The van der Waals surface area contributed by atoms with E-state index in [2.05, 4.69) is 0 Å². The Bertz CT molecular complexity index is 256. The molecule has 0 spiro atoms. The number of aliphatic hydroxyl groups excluding tert-OH is 1. The van der Waals surface area contributed by atoms with Crippen LogP contribution in [0.1, 0.15) is 20.8 Å². The van der Waals surface area contributed by atoms with Gasteiger partial charge in [0.15, 0.2) is 0 Å². The van der Waals surface area contributed by atoms with Crippen LogP contribution in [0.4, 0.5) is 0 Å². The molecule has 0 aliphatic heterocycles. The predicted molar refractivity (Wildman–Crippen MR) is 57.4 cm³/mol. The molecule has 2 heteroatoms. The Morgan fingerprint density at radius 2 is 1.64 bits per heavy atom. The van der Waals surface area contributed by atoms with Gasteiger partial charge < -0.3 is 9.84 Å². The number of hydrogen-bond acceptors (Lipinski definition) is 2. The summed E-state index contributed by atoms with van der Waals surface area (Å²) in [4.78, 5) is 0. The number of para-hydroxylation sites is 1. The van der Waals surface area contributed by atoms with Gasteiger partial charge in [0.05, 0.1) is 6.10 Å². The van der Waals surface area contributed by atoms with Crippen molar-refractivity contribution in [2.45, 2.75) is 33.0 Å². The molecule has 0 aliphatic rings. The summed E-state index contributed by atoms with van der Waals surface area (Å²) in [6.45, 7) is 5.85. The van der Waals surface area contributed by atoms with Gasteiger partial charge in [0.2, 0.25) is 0 Å². The van der Waals surface area contributed by atoms with Gasteiger partial charge in [0.25, 0.3) is 0 Å². The minimum Gasteiger partial charge on any atom is -0.488 e. The third-order valence-corrected chi connectivity index (χ3v) is 2.23. The summed E-state index contributed by atoms with van der Waals surface area (Å²) in [7, 11) is 0. The quantitative estimate of drug-likeness (QED) is 0.797. The van der Waals surface area contributed by atoms with E-state index in [0.717, 1.165) is 5.75 Å². The van der Waals surface area contributed by atoms with Crippen LogP contribution < -0.4 is 4.74 Å². The van der Waals surface area contributed by atoms with Crippen molar-refractivity contribution in [3.8, 4) is 5.75 Å². The van der Waals surface area contributed by atoms with Gasteiger partial charge in [-0.25, -0.2) is 0 Å². The molecule has 2 atom stereocenters. The van der Waals surface area contributed by atoms with Crippen LogP contribution in [0, 0.1) is 5.92 Å². The zero-order valence-electron chi connectivity index (χ0n) is 8.97. The highest BCUT2D eigenvalue weighted by molar-refractivity contribution is 5.21. The molecule has 1 aromatic carbocycles. The molecule has 0 unspecified atom stereocenters. The average Bonchev–Trinajstić information content (AvgIpc) is 2.18. The van der Waals surface area contributed by atoms with Gasteiger partial charge in [0, 0.05) is 0 Å². The number of aliphatic hydroxyl groups is 1. The molecular formula is C12H18O2. The zero-order chi connectivity index (χ0) is 10.6. The van der Waals surface area contributed by atoms with Crippen molar-refractivity contribution in [1.29, 1.82) is 0 Å². The summed E-state index contributed by atoms with van der Waals surface area (Å²) in [5, 5.41) is 9.73. The number of rotatable bonds is 4. The lowest BCUT2D eigenvalue weighted by molar-refractivity contribution is 0.0168. The Balaban J connectivity index is 2.53. The maximum Gasteiger partial charge on any atom is 0.122 e. The highest BCUT2D eigenvalue weighted by atomic mass is 16.5. The fraction of sp³-hybridized carbons (Fsp3) is 0.500. The smallest absolute Gasteiger partial charge is 0.122 e. The fourth-order valence-corrected chi connectivity index (χ4v) is 1.33. The number of hydrogen-bond donors (Lipinski definition) is 1. The average molecular weight is 194 g/mol. The third-order valence-electron chi connectivity index (χ3n) is 2.23. The molecule has 0 fully saturated rings. The summed E-state index contributed by atoms with van der Waals surface area (Å²) >= 11 is 0. The molecule has 0 bridgehead atoms. The normalized spacial score (nSPS) is 15.2. The highest BCUT2D eigenvalue weighted by Gasteiger charge is 2.18. The van der Waals surface area contributed by atoms with Crippen LogP contribution in [-0.4, -0.2) is 17.3 Å². The zero-order valence-corrected chi connectivity index (χ0v) is 8.97. The topological polar surface area (TPSA) is 29.5 Å². The van der Waals surface area contributed by atoms with Gasteiger partial charge in [0.1, 0.15) is 11.9 Å². The van der Waals surface area contributed by atoms with Crippen molar-refractivity contribution in [3.63, 3.8) is 0 Å². The molecule has 0 aliphatic carbocycles. The molecular weight excluding hydrogens is 176 g/mol. The Hall–Kier alpha value is -1.02. The molecule has 78 valence electrons. The first kappa shape index (κ1) is 11.1. The van der Waals surface area contributed by atoms with Crippen molar-refractivity contribution >= 4 is 0 Å². The standard InChI is InChI=1S/C12H18O2/c1-9(2)12(13)10(3)14-11-7-5-4-6-8-11/h4-10,12-13H,1-3H3/t10-,12+/m0/s1. The van der Waals surface area contributed by atoms with E-state index in [1.165, 1.54) is 0 Å². The molecule has 0 radical (unpaired) electrons. The van der Waals surface area contributed by atoms with E-state index < -0.39 is 6.10 Å². The predicted octanol–water partition coefficient (Wildman–Crippen LogP) is 2.47. The van der Waals surface area contributed by atoms with Crippen molar-refractivity contribution in [2.75, 3.05) is 0 Å². The van der Waals surface area contributed by atoms with E-state index >= 15 is 0 Å². The number of ether oxygens (including phenoxy) is 1. The lowest BCUT2D eigenvalue weighted by Crippen LogP contribution is -2.32. The second-order valence-corrected chi connectivity index (χ2v) is 3.87. The highest BCUT2D eigenvalue weighted by Crippen LogP contribution is 2.15. The first-order valence-electron chi connectivity index (χ1n) is 5.01. The molecule has 0 saturated carbocycles. The van der Waals surface area contributed by atoms with E-state index in [1.807, 2.05) is 51.1 Å². The number of benzene rings is 1. The van der Waals surface area contributed by atoms with E-state index in [4.69, 9.17) is 4.74 Å². The van der Waals surface area contributed by atoms with E-state index in [1.54, 1.807) is 0 Å². The maximum atomic E-state index is 9.73. The monoisotopic (exact) mass is 194 g/mol. The molecule has 1 rings (SSSR count). The Morgan fingerprint density at radius 3 is 2.14 bits per heavy atom. The van der Waals surface area contributed by atoms with Crippen molar-refractivity contribution in [3.05, 3.63) is 30.3 Å². The summed E-state index contributed by atoms with van der Waals surface area (Å²) in [6.07, 6.45) is -0.590. The Morgan fingerprint density at radius 1 is 1.07 bits per heavy atom. The SMILES string of the molecule is CC(C)[C@@H](O)[C@H](C)Oc1ccccc1. The summed E-state index contributed by atoms with van der Waals surface area (Å²) in [5.41, 5.74) is 0. The molecule has 0 heterocycles. The maximum absolute atomic E-state index is 9.73. The molecule has 0 aromatic heterocycles. The minimum atomic E-state index is -0.421. The van der Waals surface area contributed by atoms with Crippen LogP contribution in [-0.2, 0) is 0 Å². The van der Waals surface area contributed by atoms with Gasteiger partial charge in [-0.1, -0.05) is 32.0 Å². The van der Waals surface area contributed by atoms with Gasteiger partial charge in [-0.3, -0.25) is 0 Å². The largest absolute Gasteiger partial charge is 0.488 e. The summed E-state index contributed by atoms with van der Waals surface area (Å²) in [5.74, 6) is 1.02. The summed E-state index contributed by atoms with van der Waals surface area (Å²) in [6, 6.07) is 9.57. The van der Waals surface area contributed by atoms with Crippen LogP contribution in [0.2, 0.25) is 0 Å². The lowest BCUT2D eigenvalue weighted by atomic mass is 10.0. The molecule has 0 saturated heterocycles. The van der Waals surface area contributed by atoms with Gasteiger partial charge in [-0.15, -0.1) is 0 Å². The lowest BCUT2D eigenvalue weighted by Gasteiger charge is -2.23. The van der Waals surface area contributed by atoms with E-state index in [-0.39, 0.29) is 12.0 Å². The first-order chi connectivity index (χ1) is 6.61. The first-order valence-corrected chi connectivity index (χ1v) is 5.01. The molecule has 2 nitrogen and oxygen atoms in total. The van der Waals surface area contributed by atoms with Crippen LogP contribution in [0.15, 0.2) is 30.3 Å². The van der Waals surface area contributed by atoms with Gasteiger partial charge >= 0.3 is 0 Å². The van der Waals surface area contributed by atoms with Crippen LogP contribution >= 0.6 is 0 Å².